The van der Waals surface area contributed by atoms with Crippen molar-refractivity contribution in [2.45, 2.75) is 31.0 Å². The van der Waals surface area contributed by atoms with Crippen LogP contribution in [-0.2, 0) is 4.74 Å². The molecule has 1 aromatic carbocycles. The average molecular weight is 291 g/mol. The van der Waals surface area contributed by atoms with Crippen molar-refractivity contribution >= 4 is 18.2 Å². The van der Waals surface area contributed by atoms with Gasteiger partial charge in [-0.2, -0.15) is 0 Å². The van der Waals surface area contributed by atoms with Gasteiger partial charge in [0.2, 0.25) is 0 Å². The normalized spacial score (nSPS) is 24.6. The molecular formula is C15H21N3OS. The van der Waals surface area contributed by atoms with Gasteiger partial charge in [-0.1, -0.05) is 17.7 Å². The van der Waals surface area contributed by atoms with Gasteiger partial charge in [0.1, 0.15) is 0 Å². The topological polar surface area (TPSA) is 62.3 Å². The van der Waals surface area contributed by atoms with E-state index in [1.807, 2.05) is 6.92 Å². The molecule has 1 saturated heterocycles. The molecule has 1 aliphatic heterocycles. The summed E-state index contributed by atoms with van der Waals surface area (Å²) in [6.45, 7) is 5.74. The van der Waals surface area contributed by atoms with E-state index in [0.717, 1.165) is 18.7 Å². The summed E-state index contributed by atoms with van der Waals surface area (Å²) in [6.07, 6.45) is 2.74. The van der Waals surface area contributed by atoms with Gasteiger partial charge in [-0.15, -0.1) is 0 Å². The van der Waals surface area contributed by atoms with Crippen LogP contribution in [0.2, 0.25) is 0 Å². The minimum Gasteiger partial charge on any atom is -0.404 e. The number of nitrogens with one attached hydrogen (secondary N) is 1. The Morgan fingerprint density at radius 1 is 1.40 bits per heavy atom. The second-order valence-corrected chi connectivity index (χ2v) is 6.17. The van der Waals surface area contributed by atoms with Gasteiger partial charge in [0.05, 0.1) is 12.2 Å². The van der Waals surface area contributed by atoms with Crippen molar-refractivity contribution in [3.05, 3.63) is 41.6 Å². The summed E-state index contributed by atoms with van der Waals surface area (Å²) in [4.78, 5) is 1.22. The second-order valence-electron chi connectivity index (χ2n) is 5.00. The van der Waals surface area contributed by atoms with Crippen molar-refractivity contribution in [2.24, 2.45) is 5.73 Å². The van der Waals surface area contributed by atoms with Crippen molar-refractivity contribution < 1.29 is 4.74 Å². The number of hydrogen-bond acceptors (Lipinski definition) is 5. The maximum Gasteiger partial charge on any atom is 0.0993 e. The molecule has 0 amide bonds. The summed E-state index contributed by atoms with van der Waals surface area (Å²) in [5.74, 6) is 0. The largest absolute Gasteiger partial charge is 0.404 e. The molecule has 0 aliphatic carbocycles. The lowest BCUT2D eigenvalue weighted by Crippen LogP contribution is -2.44. The highest BCUT2D eigenvalue weighted by atomic mass is 32.2. The zero-order valence-electron chi connectivity index (χ0n) is 11.9. The van der Waals surface area contributed by atoms with E-state index in [-0.39, 0.29) is 12.2 Å². The molecule has 2 atom stereocenters. The van der Waals surface area contributed by atoms with E-state index in [2.05, 4.69) is 35.5 Å². The van der Waals surface area contributed by atoms with Crippen molar-refractivity contribution in [3.63, 3.8) is 0 Å². The third-order valence-electron chi connectivity index (χ3n) is 3.21. The van der Waals surface area contributed by atoms with Crippen molar-refractivity contribution in [1.82, 2.24) is 4.31 Å². The Balaban J connectivity index is 2.04. The van der Waals surface area contributed by atoms with Crippen LogP contribution >= 0.6 is 11.9 Å². The van der Waals surface area contributed by atoms with E-state index in [4.69, 9.17) is 15.9 Å². The second kappa shape index (κ2) is 6.92. The van der Waals surface area contributed by atoms with E-state index in [0.29, 0.717) is 0 Å². The molecule has 0 radical (unpaired) electrons. The predicted molar refractivity (Wildman–Crippen MR) is 84.0 cm³/mol. The number of morpholine rings is 1. The molecule has 0 bridgehead atoms. The fraction of sp³-hybridized carbons (Fsp3) is 0.400. The van der Waals surface area contributed by atoms with Crippen LogP contribution in [0.15, 0.2) is 40.9 Å². The molecule has 0 saturated carbocycles. The summed E-state index contributed by atoms with van der Waals surface area (Å²) < 4.78 is 8.14. The first kappa shape index (κ1) is 15.1. The van der Waals surface area contributed by atoms with Gasteiger partial charge < -0.3 is 15.9 Å². The Kier molecular flexibility index (Phi) is 5.23. The minimum atomic E-state index is -0.126. The van der Waals surface area contributed by atoms with Crippen molar-refractivity contribution in [2.75, 3.05) is 13.1 Å². The number of nitrogens with two attached hydrogens (primary N) is 1. The minimum absolute atomic E-state index is 0.126. The first-order chi connectivity index (χ1) is 9.62. The predicted octanol–water partition coefficient (Wildman–Crippen LogP) is 2.58. The molecule has 3 N–H and O–H groups in total. The van der Waals surface area contributed by atoms with Crippen LogP contribution in [0.1, 0.15) is 12.5 Å². The zero-order valence-corrected chi connectivity index (χ0v) is 12.7. The molecule has 1 aromatic rings. The van der Waals surface area contributed by atoms with Crippen LogP contribution in [0.5, 0.6) is 0 Å². The smallest absolute Gasteiger partial charge is 0.0993 e. The average Bonchev–Trinajstić information content (AvgIpc) is 2.42. The van der Waals surface area contributed by atoms with Crippen LogP contribution in [0, 0.1) is 12.3 Å². The fourth-order valence-electron chi connectivity index (χ4n) is 2.17. The van der Waals surface area contributed by atoms with Crippen LogP contribution < -0.4 is 5.73 Å². The van der Waals surface area contributed by atoms with Gasteiger partial charge in [0.15, 0.2) is 0 Å². The molecule has 5 heteroatoms. The van der Waals surface area contributed by atoms with Gasteiger partial charge in [0, 0.05) is 36.0 Å². The van der Waals surface area contributed by atoms with Gasteiger partial charge in [-0.25, -0.2) is 4.31 Å². The summed E-state index contributed by atoms with van der Waals surface area (Å²) in [5.41, 5.74) is 7.55. The standard InChI is InChI=1S/C15H21N3OS/c1-11-3-5-14(6-4-11)20-18-9-12(2)19-15(10-18)13(7-16)8-17/h3-8,12,15-16H,9-10,17H2,1-2H3/b13-8+,16-7?. The highest BCUT2D eigenvalue weighted by Gasteiger charge is 2.27. The highest BCUT2D eigenvalue weighted by Crippen LogP contribution is 2.28. The molecule has 1 heterocycles. The third-order valence-corrected chi connectivity index (χ3v) is 4.25. The molecule has 20 heavy (non-hydrogen) atoms. The van der Waals surface area contributed by atoms with Crippen molar-refractivity contribution in [3.8, 4) is 0 Å². The summed E-state index contributed by atoms with van der Waals surface area (Å²) >= 11 is 1.73. The first-order valence-electron chi connectivity index (χ1n) is 6.69. The third kappa shape index (κ3) is 3.85. The number of nitrogens with zero attached hydrogens (tertiary/aromatic N) is 1. The maximum absolute atomic E-state index is 7.39. The molecule has 2 rings (SSSR count). The van der Waals surface area contributed by atoms with Crippen LogP contribution in [-0.4, -0.2) is 35.8 Å². The van der Waals surface area contributed by atoms with Crippen LogP contribution in [0.4, 0.5) is 0 Å². The van der Waals surface area contributed by atoms with E-state index >= 15 is 0 Å². The SMILES string of the molecule is Cc1ccc(SN2CC(C)OC(/C(C=N)=C/N)C2)cc1. The highest BCUT2D eigenvalue weighted by molar-refractivity contribution is 7.97. The monoisotopic (exact) mass is 291 g/mol. The molecule has 2 unspecified atom stereocenters. The quantitative estimate of drug-likeness (QED) is 0.661. The Bertz CT molecular complexity index is 486. The molecule has 4 nitrogen and oxygen atoms in total. The van der Waals surface area contributed by atoms with E-state index in [9.17, 15) is 0 Å². The maximum atomic E-state index is 7.39. The number of ether oxygens (including phenoxy) is 1. The number of hydrogen-bond donors (Lipinski definition) is 2. The Morgan fingerprint density at radius 3 is 2.70 bits per heavy atom. The van der Waals surface area contributed by atoms with Crippen LogP contribution in [0.25, 0.3) is 0 Å². The van der Waals surface area contributed by atoms with Gasteiger partial charge in [-0.05, 0) is 37.9 Å². The first-order valence-corrected chi connectivity index (χ1v) is 7.47. The number of rotatable bonds is 4. The number of benzene rings is 1. The van der Waals surface area contributed by atoms with Gasteiger partial charge in [0.25, 0.3) is 0 Å². The summed E-state index contributed by atoms with van der Waals surface area (Å²) in [7, 11) is 0. The zero-order chi connectivity index (χ0) is 14.5. The summed E-state index contributed by atoms with van der Waals surface area (Å²) in [6, 6.07) is 8.50. The lowest BCUT2D eigenvalue weighted by molar-refractivity contribution is -0.0299. The lowest BCUT2D eigenvalue weighted by atomic mass is 10.1. The Morgan fingerprint density at radius 2 is 2.10 bits per heavy atom. The van der Waals surface area contributed by atoms with Gasteiger partial charge in [-0.3, -0.25) is 0 Å². The molecule has 1 fully saturated rings. The molecule has 0 aromatic heterocycles. The molecular weight excluding hydrogens is 270 g/mol. The lowest BCUT2D eigenvalue weighted by Gasteiger charge is -2.36. The van der Waals surface area contributed by atoms with Gasteiger partial charge >= 0.3 is 0 Å². The molecule has 1 aliphatic rings. The fourth-order valence-corrected chi connectivity index (χ4v) is 3.22. The Hall–Kier alpha value is -1.30. The molecule has 0 spiro atoms. The Labute approximate surface area is 124 Å². The van der Waals surface area contributed by atoms with E-state index in [1.165, 1.54) is 22.9 Å². The van der Waals surface area contributed by atoms with Crippen molar-refractivity contribution in [1.29, 1.82) is 5.41 Å². The summed E-state index contributed by atoms with van der Waals surface area (Å²) in [5, 5.41) is 7.39. The molecule has 108 valence electrons. The van der Waals surface area contributed by atoms with E-state index < -0.39 is 0 Å². The number of aryl methyl sites for hydroxylation is 1. The van der Waals surface area contributed by atoms with E-state index in [1.54, 1.807) is 11.9 Å². The van der Waals surface area contributed by atoms with Crippen LogP contribution in [0.3, 0.4) is 0 Å².